The maximum atomic E-state index is 8.62. The van der Waals surface area contributed by atoms with Crippen LogP contribution in [0.25, 0.3) is 32.9 Å². The van der Waals surface area contributed by atoms with Crippen molar-refractivity contribution in [3.05, 3.63) is 55.0 Å². The molecular formula is C28H34N4O5. The lowest BCUT2D eigenvalue weighted by molar-refractivity contribution is -0.0261. The van der Waals surface area contributed by atoms with Gasteiger partial charge in [-0.1, -0.05) is 12.1 Å². The van der Waals surface area contributed by atoms with Gasteiger partial charge in [0, 0.05) is 60.6 Å². The highest BCUT2D eigenvalue weighted by Gasteiger charge is 2.28. The number of aryl methyl sites for hydroxylation is 1. The van der Waals surface area contributed by atoms with Crippen molar-refractivity contribution < 1.29 is 24.1 Å². The van der Waals surface area contributed by atoms with Gasteiger partial charge in [-0.2, -0.15) is 0 Å². The Labute approximate surface area is 216 Å². The molecule has 4 aromatic rings. The molecule has 1 aliphatic heterocycles. The van der Waals surface area contributed by atoms with E-state index in [9.17, 15) is 0 Å². The van der Waals surface area contributed by atoms with Crippen molar-refractivity contribution in [2.24, 2.45) is 7.05 Å². The van der Waals surface area contributed by atoms with Gasteiger partial charge >= 0.3 is 0 Å². The lowest BCUT2D eigenvalue weighted by Gasteiger charge is -2.39. The SMILES string of the molecule is Cn1c2ccncc2c2ccc(-c3ccc(N4CC(OCCOCCOCCOCCO)C4)nc3)cc21. The number of aliphatic hydroxyl groups is 1. The Bertz CT molecular complexity index is 1290. The maximum absolute atomic E-state index is 8.62. The van der Waals surface area contributed by atoms with Crippen LogP contribution in [0, 0.1) is 0 Å². The van der Waals surface area contributed by atoms with E-state index in [4.69, 9.17) is 29.0 Å². The zero-order chi connectivity index (χ0) is 25.5. The molecule has 1 aliphatic rings. The molecule has 1 aromatic carbocycles. The highest BCUT2D eigenvalue weighted by atomic mass is 16.6. The average Bonchev–Trinajstić information content (AvgIpc) is 3.20. The molecule has 0 unspecified atom stereocenters. The van der Waals surface area contributed by atoms with Gasteiger partial charge < -0.3 is 33.5 Å². The lowest BCUT2D eigenvalue weighted by atomic mass is 10.0. The van der Waals surface area contributed by atoms with Gasteiger partial charge in [0.15, 0.2) is 0 Å². The monoisotopic (exact) mass is 506 g/mol. The van der Waals surface area contributed by atoms with Gasteiger partial charge in [0.25, 0.3) is 0 Å². The Morgan fingerprint density at radius 1 is 0.811 bits per heavy atom. The summed E-state index contributed by atoms with van der Waals surface area (Å²) in [6.45, 7) is 5.20. The van der Waals surface area contributed by atoms with E-state index in [0.717, 1.165) is 30.0 Å². The number of aromatic nitrogens is 3. The van der Waals surface area contributed by atoms with Gasteiger partial charge in [0.2, 0.25) is 0 Å². The third kappa shape index (κ3) is 6.08. The van der Waals surface area contributed by atoms with Gasteiger partial charge in [-0.25, -0.2) is 4.98 Å². The van der Waals surface area contributed by atoms with E-state index in [1.807, 2.05) is 18.6 Å². The van der Waals surface area contributed by atoms with Gasteiger partial charge in [-0.05, 0) is 29.8 Å². The number of nitrogens with zero attached hydrogens (tertiary/aromatic N) is 4. The van der Waals surface area contributed by atoms with Crippen molar-refractivity contribution in [1.82, 2.24) is 14.5 Å². The smallest absolute Gasteiger partial charge is 0.128 e. The predicted molar refractivity (Wildman–Crippen MR) is 143 cm³/mol. The third-order valence-corrected chi connectivity index (χ3v) is 6.62. The summed E-state index contributed by atoms with van der Waals surface area (Å²) in [7, 11) is 2.10. The van der Waals surface area contributed by atoms with Crippen LogP contribution in [0.1, 0.15) is 0 Å². The summed E-state index contributed by atoms with van der Waals surface area (Å²) in [4.78, 5) is 11.2. The first-order valence-corrected chi connectivity index (χ1v) is 12.7. The molecule has 5 rings (SSSR count). The Kier molecular flexibility index (Phi) is 8.60. The van der Waals surface area contributed by atoms with E-state index >= 15 is 0 Å². The molecule has 3 aromatic heterocycles. The highest BCUT2D eigenvalue weighted by Crippen LogP contribution is 2.31. The number of benzene rings is 1. The van der Waals surface area contributed by atoms with Crippen LogP contribution in [-0.4, -0.2) is 91.7 Å². The Balaban J connectivity index is 1.03. The summed E-state index contributed by atoms with van der Waals surface area (Å²) in [5.74, 6) is 0.969. The molecule has 196 valence electrons. The normalized spacial score (nSPS) is 14.1. The van der Waals surface area contributed by atoms with Crippen molar-refractivity contribution in [3.8, 4) is 11.1 Å². The average molecular weight is 507 g/mol. The fourth-order valence-electron chi connectivity index (χ4n) is 4.59. The Hall–Kier alpha value is -3.08. The van der Waals surface area contributed by atoms with Crippen LogP contribution in [-0.2, 0) is 26.0 Å². The van der Waals surface area contributed by atoms with Crippen molar-refractivity contribution in [2.75, 3.05) is 70.8 Å². The predicted octanol–water partition coefficient (Wildman–Crippen LogP) is 3.04. The fourth-order valence-corrected chi connectivity index (χ4v) is 4.59. The quantitative estimate of drug-likeness (QED) is 0.261. The van der Waals surface area contributed by atoms with Crippen molar-refractivity contribution in [1.29, 1.82) is 0 Å². The summed E-state index contributed by atoms with van der Waals surface area (Å²) in [5, 5.41) is 11.0. The molecular weight excluding hydrogens is 472 g/mol. The molecule has 37 heavy (non-hydrogen) atoms. The molecule has 0 saturated carbocycles. The minimum atomic E-state index is 0.0350. The van der Waals surface area contributed by atoms with Crippen LogP contribution in [0.2, 0.25) is 0 Å². The summed E-state index contributed by atoms with van der Waals surface area (Å²) in [5.41, 5.74) is 4.62. The van der Waals surface area contributed by atoms with Crippen molar-refractivity contribution >= 4 is 27.6 Å². The van der Waals surface area contributed by atoms with Crippen molar-refractivity contribution in [3.63, 3.8) is 0 Å². The van der Waals surface area contributed by atoms with Gasteiger partial charge in [-0.3, -0.25) is 4.98 Å². The highest BCUT2D eigenvalue weighted by molar-refractivity contribution is 6.08. The summed E-state index contributed by atoms with van der Waals surface area (Å²) in [6, 6.07) is 12.8. The second-order valence-corrected chi connectivity index (χ2v) is 9.05. The van der Waals surface area contributed by atoms with Gasteiger partial charge in [0.05, 0.1) is 64.5 Å². The van der Waals surface area contributed by atoms with E-state index in [0.29, 0.717) is 46.2 Å². The first kappa shape index (κ1) is 25.6. The molecule has 4 heterocycles. The fraction of sp³-hybridized carbons (Fsp3) is 0.429. The number of aliphatic hydroxyl groups excluding tert-OH is 1. The topological polar surface area (TPSA) is 91.1 Å². The number of fused-ring (bicyclic) bond motifs is 3. The molecule has 0 bridgehead atoms. The minimum absolute atomic E-state index is 0.0350. The summed E-state index contributed by atoms with van der Waals surface area (Å²) >= 11 is 0. The van der Waals surface area contributed by atoms with Crippen LogP contribution in [0.5, 0.6) is 0 Å². The van der Waals surface area contributed by atoms with Crippen LogP contribution in [0.3, 0.4) is 0 Å². The van der Waals surface area contributed by atoms with E-state index in [2.05, 4.69) is 57.9 Å². The zero-order valence-electron chi connectivity index (χ0n) is 21.2. The molecule has 1 fully saturated rings. The number of rotatable bonds is 14. The molecule has 0 spiro atoms. The second kappa shape index (κ2) is 12.4. The third-order valence-electron chi connectivity index (χ3n) is 6.62. The summed E-state index contributed by atoms with van der Waals surface area (Å²) in [6.07, 6.45) is 5.92. The number of hydrogen-bond donors (Lipinski definition) is 1. The van der Waals surface area contributed by atoms with Crippen LogP contribution < -0.4 is 4.90 Å². The molecule has 0 aliphatic carbocycles. The molecule has 0 atom stereocenters. The number of pyridine rings is 2. The Morgan fingerprint density at radius 2 is 1.54 bits per heavy atom. The standard InChI is InChI=1S/C28H34N4O5/c1-31-26-6-7-29-18-25(26)24-4-2-21(16-27(24)31)22-3-5-28(30-17-22)32-19-23(20-32)37-15-14-36-13-12-35-11-10-34-9-8-33/h2-7,16-18,23,33H,8-15,19-20H2,1H3. The maximum Gasteiger partial charge on any atom is 0.128 e. The van der Waals surface area contributed by atoms with Crippen LogP contribution in [0.15, 0.2) is 55.0 Å². The van der Waals surface area contributed by atoms with Gasteiger partial charge in [-0.15, -0.1) is 0 Å². The van der Waals surface area contributed by atoms with Crippen LogP contribution in [0.4, 0.5) is 5.82 Å². The van der Waals surface area contributed by atoms with E-state index < -0.39 is 0 Å². The van der Waals surface area contributed by atoms with E-state index in [1.165, 1.54) is 21.8 Å². The van der Waals surface area contributed by atoms with E-state index in [-0.39, 0.29) is 12.7 Å². The second-order valence-electron chi connectivity index (χ2n) is 9.05. The lowest BCUT2D eigenvalue weighted by Crippen LogP contribution is -2.53. The molecule has 1 saturated heterocycles. The number of hydrogen-bond acceptors (Lipinski definition) is 8. The number of ether oxygens (including phenoxy) is 4. The first-order chi connectivity index (χ1) is 18.2. The van der Waals surface area contributed by atoms with E-state index in [1.54, 1.807) is 0 Å². The number of anilines is 1. The molecule has 0 amide bonds. The molecule has 0 radical (unpaired) electrons. The molecule has 1 N–H and O–H groups in total. The zero-order valence-corrected chi connectivity index (χ0v) is 21.2. The molecule has 9 nitrogen and oxygen atoms in total. The summed E-state index contributed by atoms with van der Waals surface area (Å²) < 4.78 is 24.1. The first-order valence-electron chi connectivity index (χ1n) is 12.7. The van der Waals surface area contributed by atoms with Crippen molar-refractivity contribution in [2.45, 2.75) is 6.10 Å². The van der Waals surface area contributed by atoms with Crippen LogP contribution >= 0.6 is 0 Å². The Morgan fingerprint density at radius 3 is 2.27 bits per heavy atom. The largest absolute Gasteiger partial charge is 0.394 e. The minimum Gasteiger partial charge on any atom is -0.394 e. The molecule has 9 heteroatoms. The van der Waals surface area contributed by atoms with Gasteiger partial charge in [0.1, 0.15) is 5.82 Å².